The number of sulfonamides is 1. The molecule has 0 saturated carbocycles. The highest BCUT2D eigenvalue weighted by Gasteiger charge is 2.23. The highest BCUT2D eigenvalue weighted by atomic mass is 32.2. The average Bonchev–Trinajstić information content (AvgIpc) is 2.66. The molecule has 0 spiro atoms. The molecule has 7 heteroatoms. The van der Waals surface area contributed by atoms with E-state index in [4.69, 9.17) is 4.74 Å². The molecule has 0 saturated heterocycles. The van der Waals surface area contributed by atoms with E-state index in [0.717, 1.165) is 12.0 Å². The van der Waals surface area contributed by atoms with Crippen molar-refractivity contribution in [2.45, 2.75) is 32.1 Å². The topological polar surface area (TPSA) is 75.7 Å². The van der Waals surface area contributed by atoms with E-state index in [1.165, 1.54) is 4.31 Å². The molecule has 146 valence electrons. The Morgan fingerprint density at radius 3 is 2.22 bits per heavy atom. The maximum atomic E-state index is 12.9. The number of benzene rings is 2. The summed E-state index contributed by atoms with van der Waals surface area (Å²) in [6.07, 6.45) is 0.864. The molecule has 0 radical (unpaired) electrons. The standard InChI is InChI=1S/C20H26N2O4S/c1-4-14-21-20(23)15-26-18-10-8-17(9-11-18)22(5-2)27(24,25)19-12-6-16(3)7-13-19/h6-13H,4-5,14-15H2,1-3H3,(H,21,23). The van der Waals surface area contributed by atoms with Crippen molar-refractivity contribution in [3.63, 3.8) is 0 Å². The summed E-state index contributed by atoms with van der Waals surface area (Å²) in [7, 11) is -3.64. The van der Waals surface area contributed by atoms with Crippen LogP contribution in [0.5, 0.6) is 5.75 Å². The summed E-state index contributed by atoms with van der Waals surface area (Å²) in [5.74, 6) is 0.326. The van der Waals surface area contributed by atoms with Gasteiger partial charge in [0.15, 0.2) is 6.61 Å². The molecule has 2 aromatic carbocycles. The van der Waals surface area contributed by atoms with Crippen molar-refractivity contribution in [3.05, 3.63) is 54.1 Å². The lowest BCUT2D eigenvalue weighted by Gasteiger charge is -2.23. The van der Waals surface area contributed by atoms with Crippen molar-refractivity contribution in [1.82, 2.24) is 5.32 Å². The Morgan fingerprint density at radius 1 is 1.04 bits per heavy atom. The van der Waals surface area contributed by atoms with Gasteiger partial charge in [0, 0.05) is 13.1 Å². The Hall–Kier alpha value is -2.54. The largest absolute Gasteiger partial charge is 0.484 e. The van der Waals surface area contributed by atoms with Gasteiger partial charge in [-0.1, -0.05) is 24.6 Å². The first kappa shape index (κ1) is 20.8. The summed E-state index contributed by atoms with van der Waals surface area (Å²) in [6, 6.07) is 13.5. The highest BCUT2D eigenvalue weighted by Crippen LogP contribution is 2.25. The van der Waals surface area contributed by atoms with E-state index in [-0.39, 0.29) is 17.4 Å². The van der Waals surface area contributed by atoms with E-state index in [0.29, 0.717) is 24.5 Å². The minimum absolute atomic E-state index is 0.0709. The van der Waals surface area contributed by atoms with Crippen LogP contribution in [0.25, 0.3) is 0 Å². The SMILES string of the molecule is CCCNC(=O)COc1ccc(N(CC)S(=O)(=O)c2ccc(C)cc2)cc1. The van der Waals surface area contributed by atoms with Gasteiger partial charge in [-0.05, 0) is 56.7 Å². The minimum atomic E-state index is -3.64. The molecule has 27 heavy (non-hydrogen) atoms. The molecule has 0 aliphatic heterocycles. The van der Waals surface area contributed by atoms with Gasteiger partial charge in [0.05, 0.1) is 10.6 Å². The zero-order valence-corrected chi connectivity index (χ0v) is 16.8. The zero-order chi connectivity index (χ0) is 19.9. The van der Waals surface area contributed by atoms with Crippen LogP contribution >= 0.6 is 0 Å². The summed E-state index contributed by atoms with van der Waals surface area (Å²) in [4.78, 5) is 11.8. The van der Waals surface area contributed by atoms with Crippen molar-refractivity contribution in [1.29, 1.82) is 0 Å². The van der Waals surface area contributed by atoms with Crippen LogP contribution in [0.15, 0.2) is 53.4 Å². The van der Waals surface area contributed by atoms with Crippen molar-refractivity contribution in [2.24, 2.45) is 0 Å². The maximum Gasteiger partial charge on any atom is 0.264 e. The van der Waals surface area contributed by atoms with Gasteiger partial charge in [0.2, 0.25) is 0 Å². The Morgan fingerprint density at radius 2 is 1.67 bits per heavy atom. The fourth-order valence-electron chi connectivity index (χ4n) is 2.50. The summed E-state index contributed by atoms with van der Waals surface area (Å²) in [5, 5.41) is 2.73. The predicted octanol–water partition coefficient (Wildman–Crippen LogP) is 3.12. The molecule has 2 rings (SSSR count). The van der Waals surface area contributed by atoms with Gasteiger partial charge in [-0.15, -0.1) is 0 Å². The third kappa shape index (κ3) is 5.47. The first-order valence-corrected chi connectivity index (χ1v) is 10.4. The number of carbonyl (C=O) groups excluding carboxylic acids is 1. The van der Waals surface area contributed by atoms with Crippen LogP contribution < -0.4 is 14.4 Å². The van der Waals surface area contributed by atoms with Gasteiger partial charge in [-0.3, -0.25) is 9.10 Å². The molecule has 0 atom stereocenters. The fourth-order valence-corrected chi connectivity index (χ4v) is 3.98. The number of carbonyl (C=O) groups is 1. The van der Waals surface area contributed by atoms with Gasteiger partial charge in [-0.2, -0.15) is 0 Å². The van der Waals surface area contributed by atoms with Crippen LogP contribution in [0.2, 0.25) is 0 Å². The molecule has 0 unspecified atom stereocenters. The van der Waals surface area contributed by atoms with Crippen LogP contribution in [-0.4, -0.2) is 34.0 Å². The van der Waals surface area contributed by atoms with Crippen molar-refractivity contribution in [2.75, 3.05) is 24.0 Å². The summed E-state index contributed by atoms with van der Waals surface area (Å²) in [6.45, 7) is 6.52. The molecule has 0 aromatic heterocycles. The molecule has 0 bridgehead atoms. The van der Waals surface area contributed by atoms with E-state index < -0.39 is 10.0 Å². The first-order valence-electron chi connectivity index (χ1n) is 8.97. The summed E-state index contributed by atoms with van der Waals surface area (Å²) >= 11 is 0. The second kappa shape index (κ2) is 9.41. The molecule has 1 amide bonds. The monoisotopic (exact) mass is 390 g/mol. The Balaban J connectivity index is 2.11. The lowest BCUT2D eigenvalue weighted by Crippen LogP contribution is -2.30. The summed E-state index contributed by atoms with van der Waals surface area (Å²) < 4.78 is 32.6. The lowest BCUT2D eigenvalue weighted by molar-refractivity contribution is -0.123. The smallest absolute Gasteiger partial charge is 0.264 e. The third-order valence-electron chi connectivity index (χ3n) is 3.96. The fraction of sp³-hybridized carbons (Fsp3) is 0.350. The molecule has 1 N–H and O–H groups in total. The molecule has 0 aliphatic rings. The van der Waals surface area contributed by atoms with Gasteiger partial charge in [0.1, 0.15) is 5.75 Å². The zero-order valence-electron chi connectivity index (χ0n) is 15.9. The van der Waals surface area contributed by atoms with Gasteiger partial charge >= 0.3 is 0 Å². The number of nitrogens with one attached hydrogen (secondary N) is 1. The van der Waals surface area contributed by atoms with E-state index >= 15 is 0 Å². The molecule has 0 heterocycles. The van der Waals surface area contributed by atoms with Crippen LogP contribution in [-0.2, 0) is 14.8 Å². The number of hydrogen-bond donors (Lipinski definition) is 1. The quantitative estimate of drug-likeness (QED) is 0.714. The van der Waals surface area contributed by atoms with Crippen molar-refractivity contribution in [3.8, 4) is 5.75 Å². The van der Waals surface area contributed by atoms with Crippen LogP contribution in [0, 0.1) is 6.92 Å². The van der Waals surface area contributed by atoms with E-state index in [2.05, 4.69) is 5.32 Å². The number of anilines is 1. The average molecular weight is 391 g/mol. The number of nitrogens with zero attached hydrogens (tertiary/aromatic N) is 1. The number of ether oxygens (including phenoxy) is 1. The second-order valence-electron chi connectivity index (χ2n) is 6.12. The highest BCUT2D eigenvalue weighted by molar-refractivity contribution is 7.92. The van der Waals surface area contributed by atoms with Crippen LogP contribution in [0.3, 0.4) is 0 Å². The summed E-state index contributed by atoms with van der Waals surface area (Å²) in [5.41, 5.74) is 1.54. The molecular weight excluding hydrogens is 364 g/mol. The Labute approximate surface area is 161 Å². The molecule has 0 aliphatic carbocycles. The lowest BCUT2D eigenvalue weighted by atomic mass is 10.2. The molecule has 0 fully saturated rings. The van der Waals surface area contributed by atoms with E-state index in [1.807, 2.05) is 13.8 Å². The van der Waals surface area contributed by atoms with Gasteiger partial charge < -0.3 is 10.1 Å². The van der Waals surface area contributed by atoms with E-state index in [9.17, 15) is 13.2 Å². The predicted molar refractivity (Wildman–Crippen MR) is 107 cm³/mol. The number of amides is 1. The van der Waals surface area contributed by atoms with Crippen LogP contribution in [0.1, 0.15) is 25.8 Å². The van der Waals surface area contributed by atoms with Crippen molar-refractivity contribution < 1.29 is 17.9 Å². The van der Waals surface area contributed by atoms with E-state index in [1.54, 1.807) is 55.5 Å². The number of hydrogen-bond acceptors (Lipinski definition) is 4. The molecule has 6 nitrogen and oxygen atoms in total. The third-order valence-corrected chi connectivity index (χ3v) is 5.88. The Bertz CT molecular complexity index is 847. The van der Waals surface area contributed by atoms with Gasteiger partial charge in [0.25, 0.3) is 15.9 Å². The van der Waals surface area contributed by atoms with Crippen molar-refractivity contribution >= 4 is 21.6 Å². The van der Waals surface area contributed by atoms with Gasteiger partial charge in [-0.25, -0.2) is 8.42 Å². The number of rotatable bonds is 9. The molecular formula is C20H26N2O4S. The second-order valence-corrected chi connectivity index (χ2v) is 7.98. The Kier molecular flexibility index (Phi) is 7.24. The molecule has 2 aromatic rings. The van der Waals surface area contributed by atoms with Crippen LogP contribution in [0.4, 0.5) is 5.69 Å². The first-order chi connectivity index (χ1) is 12.9. The maximum absolute atomic E-state index is 12.9. The minimum Gasteiger partial charge on any atom is -0.484 e. The normalized spacial score (nSPS) is 11.1. The number of aryl methyl sites for hydroxylation is 1.